The molecule has 0 saturated heterocycles. The largest absolute Gasteiger partial charge is 0.508 e. The second-order valence-corrected chi connectivity index (χ2v) is 12.5. The zero-order valence-electron chi connectivity index (χ0n) is 30.8. The summed E-state index contributed by atoms with van der Waals surface area (Å²) in [6, 6.07) is 6.10. The third kappa shape index (κ3) is 16.9. The topological polar surface area (TPSA) is 337 Å². The van der Waals surface area contributed by atoms with Crippen LogP contribution in [0, 0.1) is 0 Å². The number of hydrogen-bond acceptors (Lipinski definition) is 12. The monoisotopic (exact) mass is 785 g/mol. The molecule has 0 bridgehead atoms. The molecule has 304 valence electrons. The summed E-state index contributed by atoms with van der Waals surface area (Å²) in [4.78, 5) is 110. The Morgan fingerprint density at radius 2 is 0.804 bits per heavy atom. The zero-order valence-corrected chi connectivity index (χ0v) is 30.8. The van der Waals surface area contributed by atoms with E-state index in [1.807, 2.05) is 0 Å². The highest BCUT2D eigenvalue weighted by Crippen LogP contribution is 2.12. The van der Waals surface area contributed by atoms with Crippen LogP contribution in [0.15, 0.2) is 48.5 Å². The van der Waals surface area contributed by atoms with Crippen LogP contribution in [0.3, 0.4) is 0 Å². The molecule has 0 heterocycles. The molecule has 0 aromatic heterocycles. The molecule has 21 heteroatoms. The number of aromatic hydroxyl groups is 2. The van der Waals surface area contributed by atoms with Crippen molar-refractivity contribution in [2.24, 2.45) is 5.73 Å². The maximum absolute atomic E-state index is 12.4. The van der Waals surface area contributed by atoms with Crippen LogP contribution in [0.1, 0.15) is 31.9 Å². The Bertz CT molecular complexity index is 1740. The van der Waals surface area contributed by atoms with Gasteiger partial charge in [0.25, 0.3) is 0 Å². The van der Waals surface area contributed by atoms with E-state index in [-0.39, 0.29) is 24.3 Å². The first-order valence-corrected chi connectivity index (χ1v) is 17.2. The van der Waals surface area contributed by atoms with E-state index in [1.165, 1.54) is 57.2 Å². The summed E-state index contributed by atoms with van der Waals surface area (Å²) in [7, 11) is 0. The Balaban J connectivity index is 1.64. The number of phenols is 2. The number of carbonyl (C=O) groups is 9. The highest BCUT2D eigenvalue weighted by molar-refractivity contribution is 5.95. The smallest absolute Gasteiger partial charge is 0.326 e. The molecule has 0 spiro atoms. The number of carbonyl (C=O) groups excluding carboxylic acids is 8. The molecule has 56 heavy (non-hydrogen) atoms. The fraction of sp³-hybridized carbons (Fsp3) is 0.400. The third-order valence-corrected chi connectivity index (χ3v) is 7.74. The van der Waals surface area contributed by atoms with Crippen molar-refractivity contribution >= 4 is 53.2 Å². The molecule has 0 aliphatic rings. The predicted molar refractivity (Wildman–Crippen MR) is 196 cm³/mol. The van der Waals surface area contributed by atoms with Crippen molar-refractivity contribution in [2.75, 3.05) is 26.2 Å². The summed E-state index contributed by atoms with van der Waals surface area (Å²) in [6.07, 6.45) is 0.0702. The maximum atomic E-state index is 12.4. The molecule has 0 unspecified atom stereocenters. The number of nitrogens with one attached hydrogen (secondary N) is 8. The summed E-state index contributed by atoms with van der Waals surface area (Å²) in [6.45, 7) is 1.72. The van der Waals surface area contributed by atoms with Crippen molar-refractivity contribution in [2.45, 2.75) is 63.8 Å². The number of phenolic OH excluding ortho intramolecular Hbond substituents is 2. The molecule has 21 nitrogen and oxygen atoms in total. The molecular weight excluding hydrogens is 738 g/mol. The molecule has 8 amide bonds. The number of nitrogens with two attached hydrogens (primary N) is 1. The fourth-order valence-corrected chi connectivity index (χ4v) is 4.63. The number of hydrogen-bond donors (Lipinski definition) is 12. The van der Waals surface area contributed by atoms with Crippen LogP contribution >= 0.6 is 0 Å². The van der Waals surface area contributed by atoms with E-state index >= 15 is 0 Å². The van der Waals surface area contributed by atoms with Crippen LogP contribution in [0.25, 0.3) is 0 Å². The SMILES string of the molecule is C[C@H](NC(=O)CNC(=O)[C@H](C)NC(=O)CNC(=O)[C@@H](N)Cc1ccc(O)cc1)C(=O)NCC(=O)N[C@@H](C)C(=O)NCC(=O)N[C@@H](Cc1ccc(O)cc1)C(=O)O. The summed E-state index contributed by atoms with van der Waals surface area (Å²) < 4.78 is 0. The Morgan fingerprint density at radius 3 is 1.14 bits per heavy atom. The van der Waals surface area contributed by atoms with Gasteiger partial charge in [-0.1, -0.05) is 24.3 Å². The molecule has 2 aromatic carbocycles. The van der Waals surface area contributed by atoms with Gasteiger partial charge in [0.1, 0.15) is 35.7 Å². The number of rotatable bonds is 21. The van der Waals surface area contributed by atoms with Crippen molar-refractivity contribution in [3.05, 3.63) is 59.7 Å². The van der Waals surface area contributed by atoms with Gasteiger partial charge in [0.2, 0.25) is 47.3 Å². The molecular formula is C35H47N9O12. The third-order valence-electron chi connectivity index (χ3n) is 7.74. The van der Waals surface area contributed by atoms with Crippen molar-refractivity contribution in [1.29, 1.82) is 0 Å². The normalized spacial score (nSPS) is 13.2. The lowest BCUT2D eigenvalue weighted by Gasteiger charge is -2.18. The molecule has 2 aromatic rings. The van der Waals surface area contributed by atoms with Crippen LogP contribution in [0.2, 0.25) is 0 Å². The number of carboxylic acid groups (broad SMARTS) is 1. The average molecular weight is 786 g/mol. The van der Waals surface area contributed by atoms with Gasteiger partial charge in [-0.2, -0.15) is 0 Å². The Kier molecular flexibility index (Phi) is 18.2. The quantitative estimate of drug-likeness (QED) is 0.0572. The molecule has 0 aliphatic carbocycles. The van der Waals surface area contributed by atoms with Gasteiger partial charge in [-0.05, 0) is 62.6 Å². The average Bonchev–Trinajstić information content (AvgIpc) is 3.15. The summed E-state index contributed by atoms with van der Waals surface area (Å²) in [5.74, 6) is -7.27. The van der Waals surface area contributed by atoms with Crippen LogP contribution < -0.4 is 48.3 Å². The van der Waals surface area contributed by atoms with Gasteiger partial charge in [0.15, 0.2) is 0 Å². The van der Waals surface area contributed by atoms with Gasteiger partial charge in [-0.25, -0.2) is 4.79 Å². The van der Waals surface area contributed by atoms with Gasteiger partial charge >= 0.3 is 5.97 Å². The maximum Gasteiger partial charge on any atom is 0.326 e. The lowest BCUT2D eigenvalue weighted by Crippen LogP contribution is -2.53. The van der Waals surface area contributed by atoms with E-state index in [4.69, 9.17) is 5.73 Å². The van der Waals surface area contributed by atoms with E-state index in [1.54, 1.807) is 12.1 Å². The first kappa shape index (κ1) is 45.4. The number of amides is 8. The van der Waals surface area contributed by atoms with Crippen molar-refractivity contribution < 1.29 is 58.5 Å². The molecule has 0 fully saturated rings. The minimum atomic E-state index is -1.32. The van der Waals surface area contributed by atoms with E-state index in [0.29, 0.717) is 11.1 Å². The van der Waals surface area contributed by atoms with E-state index in [9.17, 15) is 58.5 Å². The van der Waals surface area contributed by atoms with Crippen LogP contribution in [-0.2, 0) is 56.0 Å². The minimum Gasteiger partial charge on any atom is -0.508 e. The van der Waals surface area contributed by atoms with E-state index in [0.717, 1.165) is 0 Å². The molecule has 5 atom stereocenters. The Labute approximate surface area is 320 Å². The first-order chi connectivity index (χ1) is 26.3. The summed E-state index contributed by atoms with van der Waals surface area (Å²) in [5, 5.41) is 46.6. The van der Waals surface area contributed by atoms with E-state index < -0.39 is 110 Å². The van der Waals surface area contributed by atoms with E-state index in [2.05, 4.69) is 42.5 Å². The van der Waals surface area contributed by atoms with Crippen LogP contribution in [0.4, 0.5) is 0 Å². The molecule has 0 saturated carbocycles. The van der Waals surface area contributed by atoms with Gasteiger partial charge in [-0.3, -0.25) is 38.4 Å². The van der Waals surface area contributed by atoms with Crippen LogP contribution in [0.5, 0.6) is 11.5 Å². The Morgan fingerprint density at radius 1 is 0.500 bits per heavy atom. The molecule has 2 rings (SSSR count). The van der Waals surface area contributed by atoms with Gasteiger partial charge in [0.05, 0.1) is 32.2 Å². The number of benzene rings is 2. The molecule has 13 N–H and O–H groups in total. The standard InChI is InChI=1S/C35H47N9O12/c1-18(41-27(47)14-38-32(52)19(2)43-29(49)16-40-34(54)25(36)12-21-4-8-23(45)9-5-21)31(51)37-15-28(48)42-20(3)33(53)39-17-30(50)44-26(35(55)56)13-22-6-10-24(46)11-7-22/h4-11,18-20,25-26,45-46H,12-17,36H2,1-3H3,(H,37,51)(H,38,52)(H,39,53)(H,40,54)(H,41,47)(H,42,48)(H,43,49)(H,44,50)(H,55,56)/t18-,19-,20-,25-,26-/m0/s1. The lowest BCUT2D eigenvalue weighted by molar-refractivity contribution is -0.141. The van der Waals surface area contributed by atoms with Gasteiger partial charge in [-0.15, -0.1) is 0 Å². The number of aliphatic carboxylic acids is 1. The summed E-state index contributed by atoms with van der Waals surface area (Å²) >= 11 is 0. The highest BCUT2D eigenvalue weighted by atomic mass is 16.4. The summed E-state index contributed by atoms with van der Waals surface area (Å²) in [5.41, 5.74) is 7.09. The Hall–Kier alpha value is -6.77. The van der Waals surface area contributed by atoms with Crippen molar-refractivity contribution in [3.8, 4) is 11.5 Å². The highest BCUT2D eigenvalue weighted by Gasteiger charge is 2.24. The zero-order chi connectivity index (χ0) is 41.9. The predicted octanol–water partition coefficient (Wildman–Crippen LogP) is -4.24. The molecule has 0 radical (unpaired) electrons. The van der Waals surface area contributed by atoms with Crippen LogP contribution in [-0.4, -0.2) is 125 Å². The second kappa shape index (κ2) is 22.4. The van der Waals surface area contributed by atoms with Gasteiger partial charge < -0.3 is 63.6 Å². The molecule has 0 aliphatic heterocycles. The minimum absolute atomic E-state index is 0.0126. The first-order valence-electron chi connectivity index (χ1n) is 17.2. The van der Waals surface area contributed by atoms with Crippen molar-refractivity contribution in [1.82, 2.24) is 42.5 Å². The van der Waals surface area contributed by atoms with Gasteiger partial charge in [0, 0.05) is 6.42 Å². The van der Waals surface area contributed by atoms with Crippen molar-refractivity contribution in [3.63, 3.8) is 0 Å². The fourth-order valence-electron chi connectivity index (χ4n) is 4.63. The second-order valence-electron chi connectivity index (χ2n) is 12.5. The number of carboxylic acids is 1. The lowest BCUT2D eigenvalue weighted by atomic mass is 10.1.